The van der Waals surface area contributed by atoms with Crippen molar-refractivity contribution in [2.75, 3.05) is 40.6 Å². The van der Waals surface area contributed by atoms with Crippen molar-refractivity contribution >= 4 is 6.21 Å². The minimum Gasteiger partial charge on any atom is -0.487 e. The monoisotopic (exact) mass is 269 g/mol. The second-order valence-electron chi connectivity index (χ2n) is 3.63. The highest BCUT2D eigenvalue weighted by Gasteiger charge is 2.06. The molecule has 1 N–H and O–H groups in total. The molecule has 19 heavy (non-hydrogen) atoms. The first-order valence-electron chi connectivity index (χ1n) is 5.86. The second kappa shape index (κ2) is 9.18. The molecule has 106 valence electrons. The van der Waals surface area contributed by atoms with Gasteiger partial charge >= 0.3 is 0 Å². The predicted molar refractivity (Wildman–Crippen MR) is 70.6 cm³/mol. The Bertz CT molecular complexity index is 395. The van der Waals surface area contributed by atoms with Crippen LogP contribution in [0.25, 0.3) is 0 Å². The van der Waals surface area contributed by atoms with Gasteiger partial charge in [0, 0.05) is 19.8 Å². The van der Waals surface area contributed by atoms with E-state index in [4.69, 9.17) is 24.2 Å². The third-order valence-electron chi connectivity index (χ3n) is 2.26. The van der Waals surface area contributed by atoms with Crippen LogP contribution in [0.3, 0.4) is 0 Å². The van der Waals surface area contributed by atoms with Gasteiger partial charge in [-0.2, -0.15) is 0 Å². The summed E-state index contributed by atoms with van der Waals surface area (Å²) in [5.74, 6) is 1.19. The minimum atomic E-state index is 0.414. The van der Waals surface area contributed by atoms with Crippen molar-refractivity contribution < 1.29 is 24.2 Å². The number of hydrogen-bond acceptors (Lipinski definition) is 6. The molecule has 0 radical (unpaired) electrons. The van der Waals surface area contributed by atoms with E-state index < -0.39 is 0 Å². The van der Waals surface area contributed by atoms with Gasteiger partial charge in [0.1, 0.15) is 13.2 Å². The summed E-state index contributed by atoms with van der Waals surface area (Å²) in [6.45, 7) is 1.83. The fraction of sp³-hybridized carbons (Fsp3) is 0.462. The number of methoxy groups -OCH3 is 2. The van der Waals surface area contributed by atoms with E-state index in [1.807, 2.05) is 0 Å². The molecule has 0 aliphatic carbocycles. The maximum Gasteiger partial charge on any atom is 0.161 e. The highest BCUT2D eigenvalue weighted by Crippen LogP contribution is 2.28. The van der Waals surface area contributed by atoms with E-state index >= 15 is 0 Å². The standard InChI is InChI=1S/C13H19NO5/c1-16-5-7-18-12-4-3-11(10-14-15)9-13(12)19-8-6-17-2/h3-4,9-10,15H,5-8H2,1-2H3/b14-10+. The van der Waals surface area contributed by atoms with Crippen molar-refractivity contribution in [3.63, 3.8) is 0 Å². The van der Waals surface area contributed by atoms with Crippen LogP contribution in [0.4, 0.5) is 0 Å². The normalized spacial score (nSPS) is 10.8. The van der Waals surface area contributed by atoms with Gasteiger partial charge in [0.25, 0.3) is 0 Å². The molecule has 1 rings (SSSR count). The number of benzene rings is 1. The van der Waals surface area contributed by atoms with Gasteiger partial charge in [-0.1, -0.05) is 5.16 Å². The summed E-state index contributed by atoms with van der Waals surface area (Å²) < 4.78 is 21.0. The third kappa shape index (κ3) is 5.58. The van der Waals surface area contributed by atoms with E-state index in [9.17, 15) is 0 Å². The molecule has 6 heteroatoms. The summed E-state index contributed by atoms with van der Waals surface area (Å²) in [4.78, 5) is 0. The Kier molecular flexibility index (Phi) is 7.38. The minimum absolute atomic E-state index is 0.414. The lowest BCUT2D eigenvalue weighted by atomic mass is 10.2. The van der Waals surface area contributed by atoms with E-state index in [1.54, 1.807) is 32.4 Å². The highest BCUT2D eigenvalue weighted by molar-refractivity contribution is 5.80. The number of nitrogens with zero attached hydrogens (tertiary/aromatic N) is 1. The molecule has 0 aliphatic heterocycles. The van der Waals surface area contributed by atoms with Gasteiger partial charge in [-0.15, -0.1) is 0 Å². The molecule has 1 aromatic carbocycles. The zero-order chi connectivity index (χ0) is 13.9. The fourth-order valence-electron chi connectivity index (χ4n) is 1.37. The molecule has 0 bridgehead atoms. The smallest absolute Gasteiger partial charge is 0.161 e. The van der Waals surface area contributed by atoms with Crippen LogP contribution in [0, 0.1) is 0 Å². The Labute approximate surface area is 112 Å². The molecular formula is C13H19NO5. The molecule has 0 amide bonds. The summed E-state index contributed by atoms with van der Waals surface area (Å²) in [5.41, 5.74) is 0.717. The SMILES string of the molecule is COCCOc1ccc(/C=N/O)cc1OCCOC. The van der Waals surface area contributed by atoms with Crippen molar-refractivity contribution in [1.82, 2.24) is 0 Å². The lowest BCUT2D eigenvalue weighted by molar-refractivity contribution is 0.132. The first kappa shape index (κ1) is 15.3. The van der Waals surface area contributed by atoms with E-state index in [0.29, 0.717) is 43.5 Å². The maximum absolute atomic E-state index is 8.53. The lowest BCUT2D eigenvalue weighted by Crippen LogP contribution is -2.08. The molecular weight excluding hydrogens is 250 g/mol. The molecule has 0 unspecified atom stereocenters. The summed E-state index contributed by atoms with van der Waals surface area (Å²) in [6.07, 6.45) is 1.32. The lowest BCUT2D eigenvalue weighted by Gasteiger charge is -2.13. The first-order valence-corrected chi connectivity index (χ1v) is 5.86. The van der Waals surface area contributed by atoms with Crippen molar-refractivity contribution in [3.05, 3.63) is 23.8 Å². The van der Waals surface area contributed by atoms with Crippen LogP contribution in [0.15, 0.2) is 23.4 Å². The van der Waals surface area contributed by atoms with Crippen LogP contribution in [0.1, 0.15) is 5.56 Å². The predicted octanol–water partition coefficient (Wildman–Crippen LogP) is 1.55. The Morgan fingerprint density at radius 2 is 1.63 bits per heavy atom. The molecule has 0 atom stereocenters. The summed E-state index contributed by atoms with van der Waals surface area (Å²) in [6, 6.07) is 5.26. The fourth-order valence-corrected chi connectivity index (χ4v) is 1.37. The number of hydrogen-bond donors (Lipinski definition) is 1. The van der Waals surface area contributed by atoms with E-state index in [-0.39, 0.29) is 0 Å². The van der Waals surface area contributed by atoms with Gasteiger partial charge in [-0.3, -0.25) is 0 Å². The van der Waals surface area contributed by atoms with Gasteiger partial charge in [0.15, 0.2) is 11.5 Å². The second-order valence-corrected chi connectivity index (χ2v) is 3.63. The van der Waals surface area contributed by atoms with Crippen LogP contribution in [0.5, 0.6) is 11.5 Å². The van der Waals surface area contributed by atoms with E-state index in [1.165, 1.54) is 6.21 Å². The van der Waals surface area contributed by atoms with Gasteiger partial charge in [-0.05, 0) is 18.2 Å². The molecule has 0 saturated heterocycles. The Balaban J connectivity index is 2.74. The highest BCUT2D eigenvalue weighted by atomic mass is 16.5. The Morgan fingerprint density at radius 3 is 2.21 bits per heavy atom. The van der Waals surface area contributed by atoms with Crippen LogP contribution in [-0.2, 0) is 9.47 Å². The molecule has 0 heterocycles. The number of ether oxygens (including phenoxy) is 4. The van der Waals surface area contributed by atoms with E-state index in [2.05, 4.69) is 5.16 Å². The van der Waals surface area contributed by atoms with Gasteiger partial charge < -0.3 is 24.2 Å². The van der Waals surface area contributed by atoms with Crippen LogP contribution < -0.4 is 9.47 Å². The number of rotatable bonds is 9. The molecule has 6 nitrogen and oxygen atoms in total. The third-order valence-corrected chi connectivity index (χ3v) is 2.26. The Hall–Kier alpha value is -1.79. The van der Waals surface area contributed by atoms with E-state index in [0.717, 1.165) is 0 Å². The molecule has 0 saturated carbocycles. The van der Waals surface area contributed by atoms with Crippen LogP contribution in [0.2, 0.25) is 0 Å². The zero-order valence-corrected chi connectivity index (χ0v) is 11.2. The summed E-state index contributed by atoms with van der Waals surface area (Å²) in [7, 11) is 3.22. The summed E-state index contributed by atoms with van der Waals surface area (Å²) >= 11 is 0. The van der Waals surface area contributed by atoms with Gasteiger partial charge in [0.05, 0.1) is 19.4 Å². The quantitative estimate of drug-likeness (QED) is 0.319. The molecule has 0 aromatic heterocycles. The summed E-state index contributed by atoms with van der Waals surface area (Å²) in [5, 5.41) is 11.5. The van der Waals surface area contributed by atoms with Gasteiger partial charge in [-0.25, -0.2) is 0 Å². The van der Waals surface area contributed by atoms with Gasteiger partial charge in [0.2, 0.25) is 0 Å². The van der Waals surface area contributed by atoms with Crippen LogP contribution in [-0.4, -0.2) is 52.1 Å². The van der Waals surface area contributed by atoms with Crippen LogP contribution >= 0.6 is 0 Å². The maximum atomic E-state index is 8.53. The molecule has 1 aromatic rings. The van der Waals surface area contributed by atoms with Crippen molar-refractivity contribution in [3.8, 4) is 11.5 Å². The molecule has 0 aliphatic rings. The first-order chi connectivity index (χ1) is 9.31. The zero-order valence-electron chi connectivity index (χ0n) is 11.2. The average molecular weight is 269 g/mol. The van der Waals surface area contributed by atoms with Crippen molar-refractivity contribution in [2.45, 2.75) is 0 Å². The topological polar surface area (TPSA) is 69.5 Å². The average Bonchev–Trinajstić information content (AvgIpc) is 2.42. The molecule has 0 fully saturated rings. The van der Waals surface area contributed by atoms with Crippen molar-refractivity contribution in [2.24, 2.45) is 5.16 Å². The number of oxime groups is 1. The largest absolute Gasteiger partial charge is 0.487 e. The van der Waals surface area contributed by atoms with Crippen molar-refractivity contribution in [1.29, 1.82) is 0 Å². The molecule has 0 spiro atoms. The Morgan fingerprint density at radius 1 is 1.00 bits per heavy atom.